The molecule has 0 amide bonds. The average molecular weight is 212 g/mol. The maximum absolute atomic E-state index is 12.9. The number of benzene rings is 1. The Bertz CT molecular complexity index is 364. The van der Waals surface area contributed by atoms with Gasteiger partial charge in [-0.15, -0.1) is 0 Å². The van der Waals surface area contributed by atoms with E-state index >= 15 is 0 Å². The minimum absolute atomic E-state index is 0.182. The molecule has 0 unspecified atom stereocenters. The number of nitrogens with zero attached hydrogens (tertiary/aromatic N) is 2. The van der Waals surface area contributed by atoms with E-state index in [1.165, 1.54) is 12.1 Å². The van der Waals surface area contributed by atoms with Crippen molar-refractivity contribution in [3.05, 3.63) is 34.1 Å². The van der Waals surface area contributed by atoms with Crippen molar-refractivity contribution in [1.82, 2.24) is 0 Å². The highest BCUT2D eigenvalue weighted by atomic mass is 19.1. The van der Waals surface area contributed by atoms with Crippen molar-refractivity contribution in [2.75, 3.05) is 18.0 Å². The Morgan fingerprint density at radius 2 is 2.00 bits per heavy atom. The van der Waals surface area contributed by atoms with E-state index in [1.54, 1.807) is 0 Å². The fraction of sp³-hybridized carbons (Fsp3) is 0.400. The third kappa shape index (κ3) is 2.43. The van der Waals surface area contributed by atoms with Crippen molar-refractivity contribution < 1.29 is 9.31 Å². The predicted octanol–water partition coefficient (Wildman–Crippen LogP) is 2.58. The molecule has 1 aromatic carbocycles. The first-order valence-electron chi connectivity index (χ1n) is 4.79. The number of rotatable bonds is 4. The zero-order valence-electron chi connectivity index (χ0n) is 8.74. The molecular weight excluding hydrogens is 199 g/mol. The number of nitro groups is 1. The summed E-state index contributed by atoms with van der Waals surface area (Å²) < 4.78 is 12.9. The number of anilines is 1. The molecule has 0 bridgehead atoms. The van der Waals surface area contributed by atoms with Gasteiger partial charge in [-0.3, -0.25) is 10.1 Å². The van der Waals surface area contributed by atoms with Gasteiger partial charge in [-0.25, -0.2) is 4.39 Å². The highest BCUT2D eigenvalue weighted by molar-refractivity contribution is 5.63. The molecule has 0 radical (unpaired) electrons. The topological polar surface area (TPSA) is 46.4 Å². The molecule has 4 nitrogen and oxygen atoms in total. The van der Waals surface area contributed by atoms with Crippen LogP contribution in [0.5, 0.6) is 0 Å². The highest BCUT2D eigenvalue weighted by Gasteiger charge is 2.18. The Morgan fingerprint density at radius 3 is 2.47 bits per heavy atom. The summed E-state index contributed by atoms with van der Waals surface area (Å²) in [5.41, 5.74) is 0.283. The summed E-state index contributed by atoms with van der Waals surface area (Å²) >= 11 is 0. The smallest absolute Gasteiger partial charge is 0.295 e. The van der Waals surface area contributed by atoms with Crippen LogP contribution in [0.25, 0.3) is 0 Å². The third-order valence-electron chi connectivity index (χ3n) is 2.24. The van der Waals surface area contributed by atoms with Crippen molar-refractivity contribution in [3.63, 3.8) is 0 Å². The molecule has 0 saturated carbocycles. The zero-order chi connectivity index (χ0) is 11.4. The van der Waals surface area contributed by atoms with E-state index in [9.17, 15) is 14.5 Å². The summed E-state index contributed by atoms with van der Waals surface area (Å²) in [6.07, 6.45) is 0. The molecule has 0 fully saturated rings. The quantitative estimate of drug-likeness (QED) is 0.569. The van der Waals surface area contributed by atoms with E-state index < -0.39 is 10.7 Å². The van der Waals surface area contributed by atoms with Crippen molar-refractivity contribution in [1.29, 1.82) is 0 Å². The van der Waals surface area contributed by atoms with Crippen molar-refractivity contribution in [2.24, 2.45) is 0 Å². The van der Waals surface area contributed by atoms with Crippen LogP contribution >= 0.6 is 0 Å². The Morgan fingerprint density at radius 1 is 1.40 bits per heavy atom. The molecule has 0 spiro atoms. The van der Waals surface area contributed by atoms with Crippen LogP contribution in [0.2, 0.25) is 0 Å². The molecule has 82 valence electrons. The number of halogens is 1. The van der Waals surface area contributed by atoms with E-state index in [-0.39, 0.29) is 5.69 Å². The maximum Gasteiger partial charge on any atom is 0.295 e. The standard InChI is InChI=1S/C10H13FN2O2/c1-3-12(4-2)9-6-5-8(11)7-10(9)13(14)15/h5-7H,3-4H2,1-2H3. The van der Waals surface area contributed by atoms with Gasteiger partial charge in [0, 0.05) is 13.1 Å². The lowest BCUT2D eigenvalue weighted by Gasteiger charge is -2.20. The largest absolute Gasteiger partial charge is 0.367 e. The Kier molecular flexibility index (Phi) is 3.60. The van der Waals surface area contributed by atoms with Crippen molar-refractivity contribution in [3.8, 4) is 0 Å². The lowest BCUT2D eigenvalue weighted by Crippen LogP contribution is -2.22. The van der Waals surface area contributed by atoms with Gasteiger partial charge in [-0.2, -0.15) is 0 Å². The lowest BCUT2D eigenvalue weighted by molar-refractivity contribution is -0.384. The second kappa shape index (κ2) is 4.72. The minimum Gasteiger partial charge on any atom is -0.367 e. The molecule has 0 heterocycles. The van der Waals surface area contributed by atoms with Crippen LogP contribution < -0.4 is 4.90 Å². The van der Waals surface area contributed by atoms with E-state index in [1.807, 2.05) is 18.7 Å². The minimum atomic E-state index is -0.586. The van der Waals surface area contributed by atoms with E-state index in [0.717, 1.165) is 6.07 Å². The summed E-state index contributed by atoms with van der Waals surface area (Å²) in [4.78, 5) is 12.0. The zero-order valence-corrected chi connectivity index (χ0v) is 8.74. The molecule has 0 aliphatic rings. The molecule has 0 saturated heterocycles. The fourth-order valence-corrected chi connectivity index (χ4v) is 1.47. The van der Waals surface area contributed by atoms with Gasteiger partial charge in [0.1, 0.15) is 11.5 Å². The van der Waals surface area contributed by atoms with Crippen LogP contribution in [0.3, 0.4) is 0 Å². The average Bonchev–Trinajstić information content (AvgIpc) is 2.21. The van der Waals surface area contributed by atoms with E-state index in [4.69, 9.17) is 0 Å². The first-order valence-corrected chi connectivity index (χ1v) is 4.79. The summed E-state index contributed by atoms with van der Waals surface area (Å²) in [6.45, 7) is 5.11. The number of nitro benzene ring substituents is 1. The fourth-order valence-electron chi connectivity index (χ4n) is 1.47. The summed E-state index contributed by atoms with van der Waals surface area (Å²) in [5.74, 6) is -0.586. The second-order valence-corrected chi connectivity index (χ2v) is 3.06. The first-order chi connectivity index (χ1) is 7.10. The van der Waals surface area contributed by atoms with Crippen LogP contribution in [-0.4, -0.2) is 18.0 Å². The Hall–Kier alpha value is -1.65. The van der Waals surface area contributed by atoms with Crippen LogP contribution in [-0.2, 0) is 0 Å². The molecule has 1 rings (SSSR count). The van der Waals surface area contributed by atoms with Gasteiger partial charge >= 0.3 is 0 Å². The van der Waals surface area contributed by atoms with Crippen LogP contribution in [0.4, 0.5) is 15.8 Å². The van der Waals surface area contributed by atoms with E-state index in [0.29, 0.717) is 18.8 Å². The SMILES string of the molecule is CCN(CC)c1ccc(F)cc1[N+](=O)[O-]. The normalized spacial score (nSPS) is 10.1. The first kappa shape index (κ1) is 11.4. The molecule has 0 aliphatic heterocycles. The van der Waals surface area contributed by atoms with Crippen LogP contribution in [0.15, 0.2) is 18.2 Å². The summed E-state index contributed by atoms with van der Waals surface area (Å²) in [5, 5.41) is 10.7. The number of hydrogen-bond acceptors (Lipinski definition) is 3. The number of hydrogen-bond donors (Lipinski definition) is 0. The van der Waals surface area contributed by atoms with Gasteiger partial charge in [-0.05, 0) is 26.0 Å². The van der Waals surface area contributed by atoms with Gasteiger partial charge in [0.2, 0.25) is 0 Å². The van der Waals surface area contributed by atoms with Crippen LogP contribution in [0, 0.1) is 15.9 Å². The van der Waals surface area contributed by atoms with Gasteiger partial charge in [0.25, 0.3) is 5.69 Å². The summed E-state index contributed by atoms with van der Waals surface area (Å²) in [7, 11) is 0. The Labute approximate surface area is 87.5 Å². The van der Waals surface area contributed by atoms with Gasteiger partial charge < -0.3 is 4.90 Å². The van der Waals surface area contributed by atoms with Crippen molar-refractivity contribution in [2.45, 2.75) is 13.8 Å². The van der Waals surface area contributed by atoms with Gasteiger partial charge in [0.15, 0.2) is 0 Å². The molecule has 0 aromatic heterocycles. The molecule has 0 N–H and O–H groups in total. The molecule has 5 heteroatoms. The lowest BCUT2D eigenvalue weighted by atomic mass is 10.2. The van der Waals surface area contributed by atoms with Crippen molar-refractivity contribution >= 4 is 11.4 Å². The molecule has 0 aliphatic carbocycles. The molecule has 15 heavy (non-hydrogen) atoms. The molecule has 1 aromatic rings. The second-order valence-electron chi connectivity index (χ2n) is 3.06. The predicted molar refractivity (Wildman–Crippen MR) is 56.6 cm³/mol. The van der Waals surface area contributed by atoms with Crippen LogP contribution in [0.1, 0.15) is 13.8 Å². The Balaban J connectivity index is 3.21. The summed E-state index contributed by atoms with van der Waals surface area (Å²) in [6, 6.07) is 3.63. The molecule has 0 atom stereocenters. The van der Waals surface area contributed by atoms with Gasteiger partial charge in [0.05, 0.1) is 11.0 Å². The third-order valence-corrected chi connectivity index (χ3v) is 2.24. The maximum atomic E-state index is 12.9. The molecular formula is C10H13FN2O2. The van der Waals surface area contributed by atoms with Gasteiger partial charge in [-0.1, -0.05) is 0 Å². The monoisotopic (exact) mass is 212 g/mol. The van der Waals surface area contributed by atoms with E-state index in [2.05, 4.69) is 0 Å². The highest BCUT2D eigenvalue weighted by Crippen LogP contribution is 2.28.